The van der Waals surface area contributed by atoms with E-state index in [1.807, 2.05) is 20.8 Å². The molecule has 0 spiro atoms. The molecule has 0 radical (unpaired) electrons. The molecule has 0 aromatic heterocycles. The number of carbonyl (C=O) groups excluding carboxylic acids is 1. The molecule has 1 saturated heterocycles. The van der Waals surface area contributed by atoms with E-state index in [0.717, 1.165) is 12.5 Å². The molecule has 4 unspecified atom stereocenters. The van der Waals surface area contributed by atoms with Gasteiger partial charge < -0.3 is 14.8 Å². The van der Waals surface area contributed by atoms with Gasteiger partial charge in [0, 0.05) is 6.54 Å². The summed E-state index contributed by atoms with van der Waals surface area (Å²) in [5.74, 6) is 2.03. The molecule has 1 aliphatic heterocycles. The predicted molar refractivity (Wildman–Crippen MR) is 62.6 cm³/mol. The fourth-order valence-corrected chi connectivity index (χ4v) is 3.50. The SMILES string of the molecule is CC(C)(C)OC(=O)NC[C@@H]1CC2CC1C1OC21. The minimum atomic E-state index is -0.413. The molecule has 1 heterocycles. The van der Waals surface area contributed by atoms with Gasteiger partial charge in [0.05, 0.1) is 12.2 Å². The smallest absolute Gasteiger partial charge is 0.407 e. The first-order valence-electron chi connectivity index (χ1n) is 6.56. The number of carbonyl (C=O) groups is 1. The number of fused-ring (bicyclic) bond motifs is 5. The van der Waals surface area contributed by atoms with Crippen LogP contribution in [0.5, 0.6) is 0 Å². The van der Waals surface area contributed by atoms with Crippen molar-refractivity contribution in [2.75, 3.05) is 6.54 Å². The van der Waals surface area contributed by atoms with Crippen molar-refractivity contribution in [1.82, 2.24) is 5.32 Å². The maximum atomic E-state index is 11.5. The Kier molecular flexibility index (Phi) is 2.41. The minimum Gasteiger partial charge on any atom is -0.444 e. The summed E-state index contributed by atoms with van der Waals surface area (Å²) < 4.78 is 10.8. The van der Waals surface area contributed by atoms with Gasteiger partial charge in [-0.2, -0.15) is 0 Å². The summed E-state index contributed by atoms with van der Waals surface area (Å²) in [5.41, 5.74) is -0.413. The Bertz CT molecular complexity index is 336. The van der Waals surface area contributed by atoms with Gasteiger partial charge in [-0.1, -0.05) is 0 Å². The van der Waals surface area contributed by atoms with Crippen LogP contribution in [0.3, 0.4) is 0 Å². The zero-order valence-corrected chi connectivity index (χ0v) is 10.7. The summed E-state index contributed by atoms with van der Waals surface area (Å²) >= 11 is 0. The highest BCUT2D eigenvalue weighted by Crippen LogP contribution is 2.58. The second kappa shape index (κ2) is 3.61. The molecule has 5 atom stereocenters. The fourth-order valence-electron chi connectivity index (χ4n) is 3.50. The maximum Gasteiger partial charge on any atom is 0.407 e. The summed E-state index contributed by atoms with van der Waals surface area (Å²) in [6.45, 7) is 6.38. The monoisotopic (exact) mass is 239 g/mol. The van der Waals surface area contributed by atoms with Crippen LogP contribution >= 0.6 is 0 Å². The average molecular weight is 239 g/mol. The van der Waals surface area contributed by atoms with Gasteiger partial charge in [-0.15, -0.1) is 0 Å². The van der Waals surface area contributed by atoms with Crippen LogP contribution in [0.4, 0.5) is 4.79 Å². The summed E-state index contributed by atoms with van der Waals surface area (Å²) in [4.78, 5) is 11.5. The van der Waals surface area contributed by atoms with E-state index >= 15 is 0 Å². The van der Waals surface area contributed by atoms with Crippen molar-refractivity contribution in [2.24, 2.45) is 17.8 Å². The van der Waals surface area contributed by atoms with Gasteiger partial charge >= 0.3 is 6.09 Å². The fraction of sp³-hybridized carbons (Fsp3) is 0.923. The first kappa shape index (κ1) is 11.3. The zero-order chi connectivity index (χ0) is 12.2. The summed E-state index contributed by atoms with van der Waals surface area (Å²) in [5, 5.41) is 2.89. The van der Waals surface area contributed by atoms with Gasteiger partial charge in [0.2, 0.25) is 0 Å². The van der Waals surface area contributed by atoms with Gasteiger partial charge in [0.1, 0.15) is 5.60 Å². The van der Waals surface area contributed by atoms with Crippen LogP contribution in [0, 0.1) is 17.8 Å². The first-order valence-corrected chi connectivity index (χ1v) is 6.56. The molecule has 3 fully saturated rings. The number of epoxide rings is 1. The second-order valence-corrected chi connectivity index (χ2v) is 6.60. The molecule has 1 N–H and O–H groups in total. The van der Waals surface area contributed by atoms with E-state index < -0.39 is 5.60 Å². The molecular formula is C13H21NO3. The molecule has 4 heteroatoms. The highest BCUT2D eigenvalue weighted by molar-refractivity contribution is 5.67. The Morgan fingerprint density at radius 1 is 1.35 bits per heavy atom. The number of alkyl carbamates (subject to hydrolysis) is 1. The minimum absolute atomic E-state index is 0.298. The zero-order valence-electron chi connectivity index (χ0n) is 10.7. The van der Waals surface area contributed by atoms with Crippen molar-refractivity contribution >= 4 is 6.09 Å². The predicted octanol–water partition coefficient (Wildman–Crippen LogP) is 1.93. The molecular weight excluding hydrogens is 218 g/mol. The van der Waals surface area contributed by atoms with E-state index in [2.05, 4.69) is 5.32 Å². The number of rotatable bonds is 2. The molecule has 96 valence electrons. The highest BCUT2D eigenvalue weighted by atomic mass is 16.6. The second-order valence-electron chi connectivity index (χ2n) is 6.60. The normalized spacial score (nSPS) is 42.2. The molecule has 1 amide bonds. The van der Waals surface area contributed by atoms with E-state index in [9.17, 15) is 4.79 Å². The van der Waals surface area contributed by atoms with Crippen molar-refractivity contribution in [3.8, 4) is 0 Å². The number of nitrogens with one attached hydrogen (secondary N) is 1. The number of amides is 1. The van der Waals surface area contributed by atoms with Crippen molar-refractivity contribution in [2.45, 2.75) is 51.4 Å². The molecule has 0 aromatic carbocycles. The lowest BCUT2D eigenvalue weighted by Gasteiger charge is -2.23. The number of hydrogen-bond donors (Lipinski definition) is 1. The number of ether oxygens (including phenoxy) is 2. The van der Waals surface area contributed by atoms with Crippen LogP contribution in [0.2, 0.25) is 0 Å². The van der Waals surface area contributed by atoms with E-state index in [0.29, 0.717) is 24.0 Å². The lowest BCUT2D eigenvalue weighted by molar-refractivity contribution is 0.0513. The quantitative estimate of drug-likeness (QED) is 0.749. The van der Waals surface area contributed by atoms with Gasteiger partial charge in [-0.05, 0) is 51.4 Å². The largest absolute Gasteiger partial charge is 0.444 e. The molecule has 2 aliphatic carbocycles. The van der Waals surface area contributed by atoms with Crippen molar-refractivity contribution in [3.63, 3.8) is 0 Å². The van der Waals surface area contributed by atoms with E-state index in [-0.39, 0.29) is 6.09 Å². The molecule has 2 bridgehead atoms. The van der Waals surface area contributed by atoms with Gasteiger partial charge in [0.25, 0.3) is 0 Å². The van der Waals surface area contributed by atoms with E-state index in [1.165, 1.54) is 12.8 Å². The summed E-state index contributed by atoms with van der Waals surface area (Å²) in [6, 6.07) is 0. The Hall–Kier alpha value is -0.770. The van der Waals surface area contributed by atoms with Crippen LogP contribution in [0.15, 0.2) is 0 Å². The van der Waals surface area contributed by atoms with Gasteiger partial charge in [-0.3, -0.25) is 0 Å². The lowest BCUT2D eigenvalue weighted by Crippen LogP contribution is -2.37. The molecule has 4 nitrogen and oxygen atoms in total. The molecule has 3 rings (SSSR count). The molecule has 17 heavy (non-hydrogen) atoms. The molecule has 3 aliphatic rings. The summed E-state index contributed by atoms with van der Waals surface area (Å²) in [7, 11) is 0. The van der Waals surface area contributed by atoms with Crippen LogP contribution in [0.25, 0.3) is 0 Å². The Morgan fingerprint density at radius 3 is 2.71 bits per heavy atom. The van der Waals surface area contributed by atoms with Gasteiger partial charge in [-0.25, -0.2) is 4.79 Å². The maximum absolute atomic E-state index is 11.5. The third-order valence-electron chi connectivity index (χ3n) is 4.14. The van der Waals surface area contributed by atoms with E-state index in [4.69, 9.17) is 9.47 Å². The van der Waals surface area contributed by atoms with Gasteiger partial charge in [0.15, 0.2) is 0 Å². The average Bonchev–Trinajstić information content (AvgIpc) is 2.80. The Morgan fingerprint density at radius 2 is 2.12 bits per heavy atom. The van der Waals surface area contributed by atoms with Crippen LogP contribution in [-0.2, 0) is 9.47 Å². The topological polar surface area (TPSA) is 50.9 Å². The third kappa shape index (κ3) is 2.15. The first-order chi connectivity index (χ1) is 7.94. The Labute approximate surface area is 102 Å². The van der Waals surface area contributed by atoms with Crippen molar-refractivity contribution in [1.29, 1.82) is 0 Å². The van der Waals surface area contributed by atoms with Crippen LogP contribution in [-0.4, -0.2) is 30.4 Å². The van der Waals surface area contributed by atoms with Crippen LogP contribution < -0.4 is 5.32 Å². The highest BCUT2D eigenvalue weighted by Gasteiger charge is 2.62. The van der Waals surface area contributed by atoms with E-state index in [1.54, 1.807) is 0 Å². The molecule has 0 aromatic rings. The Balaban J connectivity index is 1.45. The molecule has 2 saturated carbocycles. The summed E-state index contributed by atoms with van der Waals surface area (Å²) in [6.07, 6.45) is 3.29. The van der Waals surface area contributed by atoms with Crippen molar-refractivity contribution < 1.29 is 14.3 Å². The third-order valence-corrected chi connectivity index (χ3v) is 4.14. The standard InChI is InChI=1S/C13H21NO3/c1-13(2,3)17-12(15)14-6-8-4-7-5-9(8)11-10(7)16-11/h7-11H,4-6H2,1-3H3,(H,14,15)/t7?,8-,9?,10?,11?/m0/s1. The van der Waals surface area contributed by atoms with Crippen molar-refractivity contribution in [3.05, 3.63) is 0 Å². The lowest BCUT2D eigenvalue weighted by atomic mass is 9.89. The van der Waals surface area contributed by atoms with Crippen LogP contribution in [0.1, 0.15) is 33.6 Å². The number of hydrogen-bond acceptors (Lipinski definition) is 3.